The maximum Gasteiger partial charge on any atom is 0.297 e. The number of ether oxygens (including phenoxy) is 1. The molecule has 1 N–H and O–H groups in total. The van der Waals surface area contributed by atoms with Gasteiger partial charge in [0.25, 0.3) is 5.56 Å². The van der Waals surface area contributed by atoms with E-state index in [-0.39, 0.29) is 10.3 Å². The summed E-state index contributed by atoms with van der Waals surface area (Å²) in [5.41, 5.74) is 0.457. The van der Waals surface area contributed by atoms with Crippen molar-refractivity contribution in [3.8, 4) is 5.75 Å². The van der Waals surface area contributed by atoms with Gasteiger partial charge in [0.15, 0.2) is 0 Å². The van der Waals surface area contributed by atoms with Crippen molar-refractivity contribution in [3.05, 3.63) is 50.6 Å². The Hall–Kier alpha value is -2.28. The van der Waals surface area contributed by atoms with Crippen LogP contribution in [0.25, 0.3) is 0 Å². The molecule has 1 heterocycles. The molecule has 0 spiro atoms. The van der Waals surface area contributed by atoms with Crippen molar-refractivity contribution in [2.45, 2.75) is 26.2 Å². The highest BCUT2D eigenvalue weighted by atomic mass is 32.1. The standard InChI is InChI=1S/C15H18N4O2S/c1-15(2,3)12-13(20)19(14(22)18-17-12)16-9-10-6-5-7-11(8-10)21-4/h5-9H,1-4H3,(H,18,22)/b16-9-. The topological polar surface area (TPSA) is 72.3 Å². The number of aromatic amines is 1. The monoisotopic (exact) mass is 318 g/mol. The third kappa shape index (κ3) is 3.48. The van der Waals surface area contributed by atoms with Gasteiger partial charge >= 0.3 is 0 Å². The van der Waals surface area contributed by atoms with Gasteiger partial charge in [0, 0.05) is 5.41 Å². The van der Waals surface area contributed by atoms with Gasteiger partial charge in [-0.15, -0.1) is 0 Å². The van der Waals surface area contributed by atoms with Crippen LogP contribution < -0.4 is 10.3 Å². The van der Waals surface area contributed by atoms with Crippen molar-refractivity contribution < 1.29 is 4.74 Å². The lowest BCUT2D eigenvalue weighted by molar-refractivity contribution is 0.414. The van der Waals surface area contributed by atoms with E-state index in [1.807, 2.05) is 45.0 Å². The molecule has 1 aromatic carbocycles. The van der Waals surface area contributed by atoms with Crippen molar-refractivity contribution in [2.75, 3.05) is 7.11 Å². The summed E-state index contributed by atoms with van der Waals surface area (Å²) < 4.78 is 6.44. The molecule has 2 aromatic rings. The minimum Gasteiger partial charge on any atom is -0.497 e. The number of aromatic nitrogens is 3. The lowest BCUT2D eigenvalue weighted by Gasteiger charge is -2.16. The van der Waals surface area contributed by atoms with Crippen LogP contribution in [0, 0.1) is 4.77 Å². The van der Waals surface area contributed by atoms with Crippen molar-refractivity contribution in [1.29, 1.82) is 0 Å². The van der Waals surface area contributed by atoms with Crippen LogP contribution in [-0.4, -0.2) is 28.2 Å². The van der Waals surface area contributed by atoms with Crippen LogP contribution in [0.2, 0.25) is 0 Å². The Kier molecular flexibility index (Phi) is 4.56. The summed E-state index contributed by atoms with van der Waals surface area (Å²) in [6.45, 7) is 5.72. The van der Waals surface area contributed by atoms with Crippen molar-refractivity contribution in [2.24, 2.45) is 5.10 Å². The number of hydrogen-bond acceptors (Lipinski definition) is 5. The Labute approximate surface area is 133 Å². The zero-order chi connectivity index (χ0) is 16.3. The van der Waals surface area contributed by atoms with Crippen molar-refractivity contribution in [3.63, 3.8) is 0 Å². The minimum atomic E-state index is -0.399. The molecule has 7 heteroatoms. The Balaban J connectivity index is 2.47. The number of benzene rings is 1. The van der Waals surface area contributed by atoms with Gasteiger partial charge in [0.2, 0.25) is 4.77 Å². The molecule has 1 aromatic heterocycles. The molecule has 0 radical (unpaired) electrons. The van der Waals surface area contributed by atoms with E-state index >= 15 is 0 Å². The number of nitrogens with one attached hydrogen (secondary N) is 1. The molecule has 0 aliphatic carbocycles. The van der Waals surface area contributed by atoms with E-state index < -0.39 is 5.41 Å². The van der Waals surface area contributed by atoms with Crippen LogP contribution in [0.1, 0.15) is 32.0 Å². The van der Waals surface area contributed by atoms with Gasteiger partial charge in [-0.1, -0.05) is 32.9 Å². The molecule has 0 saturated heterocycles. The summed E-state index contributed by atoms with van der Waals surface area (Å²) in [5, 5.41) is 10.9. The van der Waals surface area contributed by atoms with Crippen molar-refractivity contribution >= 4 is 18.4 Å². The summed E-state index contributed by atoms with van der Waals surface area (Å²) in [7, 11) is 1.59. The summed E-state index contributed by atoms with van der Waals surface area (Å²) >= 11 is 5.09. The van der Waals surface area contributed by atoms with E-state index in [0.717, 1.165) is 10.2 Å². The number of hydrogen-bond donors (Lipinski definition) is 1. The fourth-order valence-corrected chi connectivity index (χ4v) is 2.01. The molecule has 22 heavy (non-hydrogen) atoms. The number of nitrogens with zero attached hydrogens (tertiary/aromatic N) is 3. The van der Waals surface area contributed by atoms with Crippen LogP contribution in [0.15, 0.2) is 34.2 Å². The molecule has 0 atom stereocenters. The lowest BCUT2D eigenvalue weighted by atomic mass is 9.93. The molecule has 2 rings (SSSR count). The van der Waals surface area contributed by atoms with Crippen LogP contribution in [0.3, 0.4) is 0 Å². The van der Waals surface area contributed by atoms with Gasteiger partial charge in [-0.25, -0.2) is 0 Å². The maximum atomic E-state index is 12.5. The molecule has 0 aliphatic heterocycles. The second-order valence-corrected chi connectivity index (χ2v) is 6.15. The van der Waals surface area contributed by atoms with E-state index in [9.17, 15) is 4.79 Å². The highest BCUT2D eigenvalue weighted by molar-refractivity contribution is 7.71. The predicted molar refractivity (Wildman–Crippen MR) is 88.4 cm³/mol. The third-order valence-electron chi connectivity index (χ3n) is 2.98. The molecule has 0 bridgehead atoms. The summed E-state index contributed by atoms with van der Waals surface area (Å²) in [4.78, 5) is 12.5. The van der Waals surface area contributed by atoms with E-state index in [2.05, 4.69) is 15.3 Å². The van der Waals surface area contributed by atoms with Crippen LogP contribution >= 0.6 is 12.2 Å². The molecule has 0 saturated carbocycles. The fourth-order valence-electron chi connectivity index (χ4n) is 1.83. The largest absolute Gasteiger partial charge is 0.497 e. The Morgan fingerprint density at radius 2 is 2.14 bits per heavy atom. The molecule has 116 valence electrons. The lowest BCUT2D eigenvalue weighted by Crippen LogP contribution is -2.32. The average molecular weight is 318 g/mol. The molecule has 0 amide bonds. The zero-order valence-corrected chi connectivity index (χ0v) is 13.8. The Morgan fingerprint density at radius 1 is 1.41 bits per heavy atom. The minimum absolute atomic E-state index is 0.150. The number of methoxy groups -OCH3 is 1. The second-order valence-electron chi connectivity index (χ2n) is 5.77. The SMILES string of the molecule is COc1cccc(/C=N\n2c(=S)[nH]nc(C(C)(C)C)c2=O)c1. The Morgan fingerprint density at radius 3 is 2.77 bits per heavy atom. The molecular weight excluding hydrogens is 300 g/mol. The average Bonchev–Trinajstić information content (AvgIpc) is 2.46. The zero-order valence-electron chi connectivity index (χ0n) is 13.0. The van der Waals surface area contributed by atoms with Gasteiger partial charge in [-0.2, -0.15) is 14.9 Å². The van der Waals surface area contributed by atoms with Gasteiger partial charge in [0.1, 0.15) is 11.4 Å². The van der Waals surface area contributed by atoms with Gasteiger partial charge in [-0.05, 0) is 29.9 Å². The van der Waals surface area contributed by atoms with Crippen LogP contribution in [-0.2, 0) is 5.41 Å². The quantitative estimate of drug-likeness (QED) is 0.697. The number of rotatable bonds is 3. The van der Waals surface area contributed by atoms with Gasteiger partial charge in [0.05, 0.1) is 13.3 Å². The Bertz CT molecular complexity index is 815. The molecular formula is C15H18N4O2S. The molecule has 6 nitrogen and oxygen atoms in total. The summed E-state index contributed by atoms with van der Waals surface area (Å²) in [6.07, 6.45) is 1.56. The normalized spacial score (nSPS) is 11.8. The number of H-pyrrole nitrogens is 1. The van der Waals surface area contributed by atoms with E-state index in [4.69, 9.17) is 17.0 Å². The fraction of sp³-hybridized carbons (Fsp3) is 0.333. The van der Waals surface area contributed by atoms with E-state index in [1.165, 1.54) is 0 Å². The first-order chi connectivity index (χ1) is 10.3. The maximum absolute atomic E-state index is 12.5. The second kappa shape index (κ2) is 6.23. The molecule has 0 fully saturated rings. The summed E-state index contributed by atoms with van der Waals surface area (Å²) in [5.74, 6) is 0.714. The smallest absolute Gasteiger partial charge is 0.297 e. The van der Waals surface area contributed by atoms with Gasteiger partial charge in [-0.3, -0.25) is 9.89 Å². The molecule has 0 unspecified atom stereocenters. The summed E-state index contributed by atoms with van der Waals surface area (Å²) in [6, 6.07) is 7.35. The first kappa shape index (κ1) is 16.1. The van der Waals surface area contributed by atoms with Crippen LogP contribution in [0.4, 0.5) is 0 Å². The highest BCUT2D eigenvalue weighted by Crippen LogP contribution is 2.15. The van der Waals surface area contributed by atoms with Crippen LogP contribution in [0.5, 0.6) is 5.75 Å². The first-order valence-electron chi connectivity index (χ1n) is 6.73. The van der Waals surface area contributed by atoms with Crippen molar-refractivity contribution in [1.82, 2.24) is 14.9 Å². The van der Waals surface area contributed by atoms with Gasteiger partial charge < -0.3 is 4.74 Å². The highest BCUT2D eigenvalue weighted by Gasteiger charge is 2.21. The molecule has 0 aliphatic rings. The van der Waals surface area contributed by atoms with E-state index in [0.29, 0.717) is 11.4 Å². The first-order valence-corrected chi connectivity index (χ1v) is 7.14. The third-order valence-corrected chi connectivity index (χ3v) is 3.24. The predicted octanol–water partition coefficient (Wildman–Crippen LogP) is 2.49. The van der Waals surface area contributed by atoms with E-state index in [1.54, 1.807) is 13.3 Å².